The van der Waals surface area contributed by atoms with Crippen LogP contribution in [-0.4, -0.2) is 37.5 Å². The van der Waals surface area contributed by atoms with Crippen molar-refractivity contribution in [3.63, 3.8) is 0 Å². The van der Waals surface area contributed by atoms with Crippen LogP contribution in [0.2, 0.25) is 0 Å². The van der Waals surface area contributed by atoms with Crippen molar-refractivity contribution in [2.24, 2.45) is 10.6 Å². The number of nitrogens with zero attached hydrogens (tertiary/aromatic N) is 1. The van der Waals surface area contributed by atoms with Gasteiger partial charge in [-0.05, 0) is 42.5 Å². The monoisotopic (exact) mass is 410 g/mol. The van der Waals surface area contributed by atoms with Crippen molar-refractivity contribution in [1.29, 1.82) is 0 Å². The van der Waals surface area contributed by atoms with Crippen molar-refractivity contribution < 1.29 is 18.8 Å². The van der Waals surface area contributed by atoms with Gasteiger partial charge in [-0.1, -0.05) is 47.6 Å². The molecule has 1 saturated heterocycles. The molecule has 2 aliphatic heterocycles. The fourth-order valence-electron chi connectivity index (χ4n) is 4.22. The summed E-state index contributed by atoms with van der Waals surface area (Å²) in [6.07, 6.45) is 3.21. The molecular weight excluding hydrogens is 383 g/mol. The van der Waals surface area contributed by atoms with Crippen LogP contribution in [0.25, 0.3) is 0 Å². The predicted molar refractivity (Wildman–Crippen MR) is 113 cm³/mol. The van der Waals surface area contributed by atoms with Crippen LogP contribution in [0.15, 0.2) is 59.8 Å². The number of carbonyl (C=O) groups excluding carboxylic acids is 1. The molecular formula is C24H27FN2O3. The number of hydrogen-bond acceptors (Lipinski definition) is 4. The molecule has 158 valence electrons. The van der Waals surface area contributed by atoms with E-state index in [0.717, 1.165) is 17.7 Å². The first-order chi connectivity index (χ1) is 14.6. The number of nitrogens with one attached hydrogen (secondary N) is 1. The summed E-state index contributed by atoms with van der Waals surface area (Å²) in [4.78, 5) is 18.9. The minimum Gasteiger partial charge on any atom is -0.392 e. The van der Waals surface area contributed by atoms with E-state index in [1.165, 1.54) is 17.7 Å². The summed E-state index contributed by atoms with van der Waals surface area (Å²) < 4.78 is 18.7. The summed E-state index contributed by atoms with van der Waals surface area (Å²) in [7, 11) is 0. The average molecular weight is 410 g/mol. The molecule has 0 spiro atoms. The summed E-state index contributed by atoms with van der Waals surface area (Å²) in [5, 5.41) is 7.34. The Hall–Kier alpha value is -2.73. The lowest BCUT2D eigenvalue weighted by Crippen LogP contribution is -2.47. The maximum atomic E-state index is 13.2. The molecule has 0 saturated carbocycles. The van der Waals surface area contributed by atoms with Gasteiger partial charge in [-0.15, -0.1) is 0 Å². The highest BCUT2D eigenvalue weighted by Crippen LogP contribution is 2.38. The molecule has 0 aliphatic carbocycles. The summed E-state index contributed by atoms with van der Waals surface area (Å²) in [6.45, 7) is 1.75. The fourth-order valence-corrected chi connectivity index (χ4v) is 4.22. The van der Waals surface area contributed by atoms with Crippen molar-refractivity contribution in [2.45, 2.75) is 38.2 Å². The second-order valence-electron chi connectivity index (χ2n) is 8.06. The number of oxime groups is 1. The van der Waals surface area contributed by atoms with E-state index in [0.29, 0.717) is 45.4 Å². The van der Waals surface area contributed by atoms with Crippen LogP contribution in [0.3, 0.4) is 0 Å². The lowest BCUT2D eigenvalue weighted by Gasteiger charge is -2.37. The Morgan fingerprint density at radius 3 is 2.57 bits per heavy atom. The van der Waals surface area contributed by atoms with Crippen molar-refractivity contribution in [1.82, 2.24) is 5.32 Å². The SMILES string of the molecule is O=C(NCCc1ccccc1)C1(CC2CC(c3ccc(F)cc3)=NO2)CCOCC1. The first kappa shape index (κ1) is 20.5. The number of benzene rings is 2. The third-order valence-corrected chi connectivity index (χ3v) is 6.00. The first-order valence-corrected chi connectivity index (χ1v) is 10.5. The number of hydrogen-bond donors (Lipinski definition) is 1. The standard InChI is InChI=1S/C24H27FN2O3/c25-20-8-6-19(7-9-20)22-16-21(30-27-22)17-24(11-14-29-15-12-24)23(28)26-13-10-18-4-2-1-3-5-18/h1-9,21H,10-17H2,(H,26,28). The quantitative estimate of drug-likeness (QED) is 0.754. The highest BCUT2D eigenvalue weighted by atomic mass is 19.1. The second-order valence-corrected chi connectivity index (χ2v) is 8.06. The molecule has 0 aromatic heterocycles. The maximum Gasteiger partial charge on any atom is 0.226 e. The highest BCUT2D eigenvalue weighted by Gasteiger charge is 2.43. The molecule has 5 nitrogen and oxygen atoms in total. The van der Waals surface area contributed by atoms with Crippen molar-refractivity contribution in [3.8, 4) is 0 Å². The Morgan fingerprint density at radius 1 is 1.10 bits per heavy atom. The zero-order valence-corrected chi connectivity index (χ0v) is 17.0. The molecule has 2 aromatic carbocycles. The zero-order chi connectivity index (χ0) is 20.8. The largest absolute Gasteiger partial charge is 0.392 e. The van der Waals surface area contributed by atoms with Gasteiger partial charge in [0.1, 0.15) is 11.9 Å². The van der Waals surface area contributed by atoms with Crippen molar-refractivity contribution >= 4 is 11.6 Å². The van der Waals surface area contributed by atoms with E-state index < -0.39 is 5.41 Å². The summed E-state index contributed by atoms with van der Waals surface area (Å²) >= 11 is 0. The molecule has 1 amide bonds. The minimum atomic E-state index is -0.507. The Labute approximate surface area is 176 Å². The van der Waals surface area contributed by atoms with Gasteiger partial charge in [-0.3, -0.25) is 4.79 Å². The Morgan fingerprint density at radius 2 is 1.83 bits per heavy atom. The minimum absolute atomic E-state index is 0.0700. The molecule has 1 N–H and O–H groups in total. The normalized spacial score (nSPS) is 20.3. The van der Waals surface area contributed by atoms with Crippen molar-refractivity contribution in [2.75, 3.05) is 19.8 Å². The third-order valence-electron chi connectivity index (χ3n) is 6.00. The lowest BCUT2D eigenvalue weighted by molar-refractivity contribution is -0.140. The molecule has 2 aromatic rings. The number of halogens is 1. The van der Waals surface area contributed by atoms with Gasteiger partial charge in [0.05, 0.1) is 11.1 Å². The van der Waals surface area contributed by atoms with Gasteiger partial charge in [0.25, 0.3) is 0 Å². The average Bonchev–Trinajstić information content (AvgIpc) is 3.24. The molecule has 1 fully saturated rings. The number of ether oxygens (including phenoxy) is 1. The third kappa shape index (κ3) is 4.87. The Kier molecular flexibility index (Phi) is 6.43. The van der Waals surface area contributed by atoms with Gasteiger partial charge in [0, 0.05) is 32.6 Å². The molecule has 30 heavy (non-hydrogen) atoms. The predicted octanol–water partition coefficient (Wildman–Crippen LogP) is 3.86. The lowest BCUT2D eigenvalue weighted by atomic mass is 9.74. The van der Waals surface area contributed by atoms with Gasteiger partial charge < -0.3 is 14.9 Å². The highest BCUT2D eigenvalue weighted by molar-refractivity contribution is 6.01. The molecule has 4 rings (SSSR count). The van der Waals surface area contributed by atoms with E-state index in [9.17, 15) is 9.18 Å². The molecule has 0 radical (unpaired) electrons. The number of carbonyl (C=O) groups is 1. The maximum absolute atomic E-state index is 13.2. The summed E-state index contributed by atoms with van der Waals surface area (Å²) in [5.74, 6) is -0.205. The smallest absolute Gasteiger partial charge is 0.226 e. The fraction of sp³-hybridized carbons (Fsp3) is 0.417. The van der Waals surface area contributed by atoms with E-state index in [2.05, 4.69) is 22.6 Å². The van der Waals surface area contributed by atoms with Crippen LogP contribution in [0, 0.1) is 11.2 Å². The molecule has 2 heterocycles. The van der Waals surface area contributed by atoms with Crippen LogP contribution in [-0.2, 0) is 20.8 Å². The van der Waals surface area contributed by atoms with Crippen LogP contribution >= 0.6 is 0 Å². The molecule has 1 unspecified atom stereocenters. The van der Waals surface area contributed by atoms with Gasteiger partial charge in [-0.25, -0.2) is 4.39 Å². The van der Waals surface area contributed by atoms with Gasteiger partial charge in [0.2, 0.25) is 5.91 Å². The number of rotatable bonds is 7. The molecule has 6 heteroatoms. The number of amides is 1. The van der Waals surface area contributed by atoms with Crippen LogP contribution in [0.4, 0.5) is 4.39 Å². The van der Waals surface area contributed by atoms with E-state index in [1.807, 2.05) is 18.2 Å². The molecule has 2 aliphatic rings. The summed E-state index contributed by atoms with van der Waals surface area (Å²) in [6, 6.07) is 16.4. The zero-order valence-electron chi connectivity index (χ0n) is 17.0. The van der Waals surface area contributed by atoms with E-state index >= 15 is 0 Å². The molecule has 1 atom stereocenters. The van der Waals surface area contributed by atoms with Crippen LogP contribution in [0.1, 0.15) is 36.8 Å². The van der Waals surface area contributed by atoms with Gasteiger partial charge >= 0.3 is 0 Å². The van der Waals surface area contributed by atoms with Gasteiger partial charge in [-0.2, -0.15) is 0 Å². The Balaban J connectivity index is 1.36. The van der Waals surface area contributed by atoms with E-state index in [-0.39, 0.29) is 17.8 Å². The topological polar surface area (TPSA) is 59.9 Å². The van der Waals surface area contributed by atoms with Crippen LogP contribution in [0.5, 0.6) is 0 Å². The summed E-state index contributed by atoms with van der Waals surface area (Å²) in [5.41, 5.74) is 2.35. The van der Waals surface area contributed by atoms with Gasteiger partial charge in [0.15, 0.2) is 0 Å². The van der Waals surface area contributed by atoms with E-state index in [1.54, 1.807) is 12.1 Å². The van der Waals surface area contributed by atoms with Crippen molar-refractivity contribution in [3.05, 3.63) is 71.5 Å². The Bertz CT molecular complexity index is 877. The first-order valence-electron chi connectivity index (χ1n) is 10.5. The van der Waals surface area contributed by atoms with E-state index in [4.69, 9.17) is 9.57 Å². The second kappa shape index (κ2) is 9.39. The molecule has 0 bridgehead atoms. The van der Waals surface area contributed by atoms with Crippen LogP contribution < -0.4 is 5.32 Å².